The topological polar surface area (TPSA) is 71.3 Å². The summed E-state index contributed by atoms with van der Waals surface area (Å²) in [4.78, 5) is 29.7. The highest BCUT2D eigenvalue weighted by atomic mass is 32.1. The number of carbonyl (C=O) groups excluding carboxylic acids is 2. The lowest BCUT2D eigenvalue weighted by Gasteiger charge is -2.25. The molecule has 0 aliphatic carbocycles. The summed E-state index contributed by atoms with van der Waals surface area (Å²) in [5.41, 5.74) is 0.404. The second kappa shape index (κ2) is 7.57. The van der Waals surface area contributed by atoms with Crippen LogP contribution < -0.4 is 0 Å². The number of hydrogen-bond donors (Lipinski definition) is 0. The number of piperidine rings is 1. The van der Waals surface area contributed by atoms with Crippen LogP contribution in [0.1, 0.15) is 52.3 Å². The van der Waals surface area contributed by atoms with Crippen LogP contribution in [-0.2, 0) is 6.54 Å². The van der Waals surface area contributed by atoms with Crippen LogP contribution in [0.3, 0.4) is 0 Å². The molecule has 8 heteroatoms. The van der Waals surface area contributed by atoms with E-state index < -0.39 is 0 Å². The third kappa shape index (κ3) is 3.51. The number of carbonyl (C=O) groups is 2. The maximum Gasteiger partial charge on any atom is 0.276 e. The molecule has 2 aromatic heterocycles. The molecule has 0 aromatic carbocycles. The van der Waals surface area contributed by atoms with E-state index in [-0.39, 0.29) is 17.9 Å². The predicted octanol–water partition coefficient (Wildman–Crippen LogP) is 2.27. The fraction of sp³-hybridized carbons (Fsp3) is 0.556. The van der Waals surface area contributed by atoms with E-state index in [0.29, 0.717) is 12.2 Å². The largest absolute Gasteiger partial charge is 0.337 e. The molecule has 0 unspecified atom stereocenters. The van der Waals surface area contributed by atoms with E-state index in [4.69, 9.17) is 0 Å². The van der Waals surface area contributed by atoms with Gasteiger partial charge in [-0.05, 0) is 43.6 Å². The number of hydrogen-bond acceptors (Lipinski definition) is 5. The summed E-state index contributed by atoms with van der Waals surface area (Å²) >= 11 is 1.47. The first kappa shape index (κ1) is 17.2. The molecule has 2 amide bonds. The van der Waals surface area contributed by atoms with Gasteiger partial charge in [0.05, 0.1) is 23.7 Å². The fourth-order valence-electron chi connectivity index (χ4n) is 3.80. The second-order valence-corrected chi connectivity index (χ2v) is 7.90. The van der Waals surface area contributed by atoms with Crippen LogP contribution >= 0.6 is 11.3 Å². The van der Waals surface area contributed by atoms with Gasteiger partial charge in [0.15, 0.2) is 5.69 Å². The van der Waals surface area contributed by atoms with E-state index in [1.54, 1.807) is 10.9 Å². The van der Waals surface area contributed by atoms with Gasteiger partial charge in [-0.3, -0.25) is 9.59 Å². The van der Waals surface area contributed by atoms with Gasteiger partial charge in [-0.15, -0.1) is 16.4 Å². The lowest BCUT2D eigenvalue weighted by Crippen LogP contribution is -2.38. The molecule has 2 saturated heterocycles. The number of rotatable bonds is 4. The first-order valence-electron chi connectivity index (χ1n) is 9.26. The van der Waals surface area contributed by atoms with Gasteiger partial charge in [0.1, 0.15) is 0 Å². The van der Waals surface area contributed by atoms with Crippen LogP contribution in [0.25, 0.3) is 0 Å². The van der Waals surface area contributed by atoms with Crippen LogP contribution in [0.5, 0.6) is 0 Å². The second-order valence-electron chi connectivity index (χ2n) is 6.95. The highest BCUT2D eigenvalue weighted by Crippen LogP contribution is 2.23. The summed E-state index contributed by atoms with van der Waals surface area (Å²) in [7, 11) is 0. The summed E-state index contributed by atoms with van der Waals surface area (Å²) in [6, 6.07) is 3.87. The minimum atomic E-state index is -0.0334. The lowest BCUT2D eigenvalue weighted by molar-refractivity contribution is 0.0711. The van der Waals surface area contributed by atoms with Gasteiger partial charge in [0.25, 0.3) is 11.8 Å². The molecule has 2 fully saturated rings. The molecule has 0 radical (unpaired) electrons. The smallest absolute Gasteiger partial charge is 0.276 e. The van der Waals surface area contributed by atoms with Crippen molar-refractivity contribution >= 4 is 23.2 Å². The first-order chi connectivity index (χ1) is 12.7. The van der Waals surface area contributed by atoms with Gasteiger partial charge < -0.3 is 9.80 Å². The average molecular weight is 373 g/mol. The predicted molar refractivity (Wildman–Crippen MR) is 98.2 cm³/mol. The number of likely N-dealkylation sites (tertiary alicyclic amines) is 2. The Hall–Kier alpha value is -2.22. The van der Waals surface area contributed by atoms with E-state index in [2.05, 4.69) is 10.3 Å². The Balaban J connectivity index is 1.41. The Bertz CT molecular complexity index is 766. The molecule has 0 bridgehead atoms. The molecule has 2 aliphatic heterocycles. The Morgan fingerprint density at radius 2 is 1.96 bits per heavy atom. The van der Waals surface area contributed by atoms with Gasteiger partial charge in [-0.1, -0.05) is 11.3 Å². The van der Waals surface area contributed by atoms with Crippen molar-refractivity contribution in [2.75, 3.05) is 19.6 Å². The van der Waals surface area contributed by atoms with Crippen LogP contribution in [0.4, 0.5) is 0 Å². The maximum atomic E-state index is 12.7. The zero-order chi connectivity index (χ0) is 17.9. The molecule has 7 nitrogen and oxygen atoms in total. The highest BCUT2D eigenvalue weighted by molar-refractivity contribution is 7.12. The molecule has 26 heavy (non-hydrogen) atoms. The van der Waals surface area contributed by atoms with Crippen LogP contribution in [0.2, 0.25) is 0 Å². The molecular weight excluding hydrogens is 350 g/mol. The molecule has 4 heterocycles. The molecule has 138 valence electrons. The monoisotopic (exact) mass is 373 g/mol. The molecule has 2 aromatic rings. The van der Waals surface area contributed by atoms with Crippen molar-refractivity contribution in [3.8, 4) is 0 Å². The van der Waals surface area contributed by atoms with Crippen molar-refractivity contribution in [3.63, 3.8) is 0 Å². The molecule has 4 rings (SSSR count). The summed E-state index contributed by atoms with van der Waals surface area (Å²) in [5, 5.41) is 10.1. The van der Waals surface area contributed by atoms with E-state index in [9.17, 15) is 9.59 Å². The standard InChI is InChI=1S/C18H23N5O2S/c24-17(21-8-2-1-3-9-21)15-13-22(20-19-15)12-14-6-4-10-23(14)18(25)16-7-5-11-26-16/h5,7,11,13-14H,1-4,6,8-10,12H2/t14-/m0/s1. The molecule has 1 atom stereocenters. The molecular formula is C18H23N5O2S. The minimum absolute atomic E-state index is 0.0334. The van der Waals surface area contributed by atoms with Crippen molar-refractivity contribution in [1.82, 2.24) is 24.8 Å². The number of aromatic nitrogens is 3. The normalized spacial score (nSPS) is 20.5. The van der Waals surface area contributed by atoms with Gasteiger partial charge in [0.2, 0.25) is 0 Å². The zero-order valence-electron chi connectivity index (χ0n) is 14.7. The Labute approximate surface area is 156 Å². The van der Waals surface area contributed by atoms with Crippen molar-refractivity contribution in [2.45, 2.75) is 44.7 Å². The Kier molecular flexibility index (Phi) is 5.01. The van der Waals surface area contributed by atoms with E-state index in [1.807, 2.05) is 27.3 Å². The van der Waals surface area contributed by atoms with E-state index in [0.717, 1.165) is 50.2 Å². The quantitative estimate of drug-likeness (QED) is 0.824. The average Bonchev–Trinajstić information content (AvgIpc) is 3.43. The molecule has 0 saturated carbocycles. The van der Waals surface area contributed by atoms with Crippen LogP contribution in [0.15, 0.2) is 23.7 Å². The Morgan fingerprint density at radius 3 is 2.73 bits per heavy atom. The van der Waals surface area contributed by atoms with Gasteiger partial charge in [-0.2, -0.15) is 0 Å². The summed E-state index contributed by atoms with van der Waals surface area (Å²) in [6.07, 6.45) is 6.97. The van der Waals surface area contributed by atoms with Gasteiger partial charge in [-0.25, -0.2) is 4.68 Å². The third-order valence-electron chi connectivity index (χ3n) is 5.17. The number of nitrogens with zero attached hydrogens (tertiary/aromatic N) is 5. The van der Waals surface area contributed by atoms with Gasteiger partial charge >= 0.3 is 0 Å². The van der Waals surface area contributed by atoms with Crippen molar-refractivity contribution in [3.05, 3.63) is 34.3 Å². The molecule has 2 aliphatic rings. The van der Waals surface area contributed by atoms with E-state index in [1.165, 1.54) is 17.8 Å². The zero-order valence-corrected chi connectivity index (χ0v) is 15.5. The number of amides is 2. The summed E-state index contributed by atoms with van der Waals surface area (Å²) in [6.45, 7) is 2.96. The highest BCUT2D eigenvalue weighted by Gasteiger charge is 2.31. The van der Waals surface area contributed by atoms with Crippen LogP contribution in [-0.4, -0.2) is 62.3 Å². The SMILES string of the molecule is O=C(c1cn(C[C@@H]2CCCN2C(=O)c2cccs2)nn1)N1CCCCC1. The molecule has 0 spiro atoms. The van der Waals surface area contributed by atoms with Crippen molar-refractivity contribution in [1.29, 1.82) is 0 Å². The lowest BCUT2D eigenvalue weighted by atomic mass is 10.1. The number of thiophene rings is 1. The van der Waals surface area contributed by atoms with Crippen LogP contribution in [0, 0.1) is 0 Å². The molecule has 0 N–H and O–H groups in total. The fourth-order valence-corrected chi connectivity index (χ4v) is 4.47. The minimum Gasteiger partial charge on any atom is -0.337 e. The van der Waals surface area contributed by atoms with E-state index >= 15 is 0 Å². The Morgan fingerprint density at radius 1 is 1.12 bits per heavy atom. The van der Waals surface area contributed by atoms with Crippen molar-refractivity contribution in [2.24, 2.45) is 0 Å². The summed E-state index contributed by atoms with van der Waals surface area (Å²) in [5.74, 6) is 0.0566. The maximum absolute atomic E-state index is 12.7. The third-order valence-corrected chi connectivity index (χ3v) is 6.03. The van der Waals surface area contributed by atoms with Crippen molar-refractivity contribution < 1.29 is 9.59 Å². The van der Waals surface area contributed by atoms with Gasteiger partial charge in [0, 0.05) is 19.6 Å². The first-order valence-corrected chi connectivity index (χ1v) is 10.1. The summed E-state index contributed by atoms with van der Waals surface area (Å²) < 4.78 is 1.71.